The topological polar surface area (TPSA) is 79.5 Å². The summed E-state index contributed by atoms with van der Waals surface area (Å²) in [6.07, 6.45) is 0.462. The summed E-state index contributed by atoms with van der Waals surface area (Å²) in [6.45, 7) is 1.81. The number of halogens is 1. The minimum Gasteiger partial charge on any atom is -0.481 e. The van der Waals surface area contributed by atoms with E-state index >= 15 is 0 Å². The molecule has 0 bridgehead atoms. The van der Waals surface area contributed by atoms with Crippen molar-refractivity contribution in [2.75, 3.05) is 0 Å². The van der Waals surface area contributed by atoms with Gasteiger partial charge in [0.05, 0.1) is 6.42 Å². The van der Waals surface area contributed by atoms with Crippen LogP contribution in [0.4, 0.5) is 0 Å². The lowest BCUT2D eigenvalue weighted by atomic mass is 10.1. The van der Waals surface area contributed by atoms with Gasteiger partial charge in [0.2, 0.25) is 0 Å². The number of furan rings is 1. The average Bonchev–Trinajstić information content (AvgIpc) is 2.63. The maximum atomic E-state index is 11.6. The maximum absolute atomic E-state index is 11.6. The molecule has 1 aromatic rings. The molecule has 0 unspecified atom stereocenters. The summed E-state index contributed by atoms with van der Waals surface area (Å²) in [5.41, 5.74) is 0. The Morgan fingerprint density at radius 2 is 2.25 bits per heavy atom. The summed E-state index contributed by atoms with van der Waals surface area (Å²) in [5.74, 6) is -1.18. The Balaban J connectivity index is 2.58. The van der Waals surface area contributed by atoms with Crippen LogP contribution in [0, 0.1) is 0 Å². The molecule has 0 aliphatic heterocycles. The fourth-order valence-corrected chi connectivity index (χ4v) is 1.51. The molecular weight excluding hydrogens is 278 g/mol. The lowest BCUT2D eigenvalue weighted by molar-refractivity contribution is -0.137. The van der Waals surface area contributed by atoms with Crippen LogP contribution in [0.5, 0.6) is 0 Å². The summed E-state index contributed by atoms with van der Waals surface area (Å²) in [5, 5.41) is 11.2. The predicted molar refractivity (Wildman–Crippen MR) is 60.2 cm³/mol. The number of hydrogen-bond acceptors (Lipinski definition) is 3. The molecule has 0 aromatic carbocycles. The number of carboxylic acids is 1. The van der Waals surface area contributed by atoms with Crippen molar-refractivity contribution in [3.8, 4) is 0 Å². The predicted octanol–water partition coefficient (Wildman–Crippen LogP) is 2.03. The lowest BCUT2D eigenvalue weighted by Gasteiger charge is -2.13. The van der Waals surface area contributed by atoms with Crippen molar-refractivity contribution < 1.29 is 19.1 Å². The zero-order valence-electron chi connectivity index (χ0n) is 8.70. The first kappa shape index (κ1) is 12.8. The zero-order valence-corrected chi connectivity index (χ0v) is 10.3. The van der Waals surface area contributed by atoms with Crippen LogP contribution in [0.1, 0.15) is 30.3 Å². The van der Waals surface area contributed by atoms with Crippen LogP contribution in [0.2, 0.25) is 0 Å². The summed E-state index contributed by atoms with van der Waals surface area (Å²) in [4.78, 5) is 22.1. The molecule has 16 heavy (non-hydrogen) atoms. The standard InChI is InChI=1S/C10H12BrNO4/c1-2-6(5-9(13)14)12-10(15)7-3-4-8(11)16-7/h3-4,6H,2,5H2,1H3,(H,12,15)(H,13,14)/t6-/m0/s1. The molecular formula is C10H12BrNO4. The SMILES string of the molecule is CC[C@@H](CC(=O)O)NC(=O)c1ccc(Br)o1. The summed E-state index contributed by atoms with van der Waals surface area (Å²) in [7, 11) is 0. The quantitative estimate of drug-likeness (QED) is 0.869. The molecule has 1 atom stereocenters. The van der Waals surface area contributed by atoms with Crippen LogP contribution in [0.15, 0.2) is 21.2 Å². The van der Waals surface area contributed by atoms with E-state index in [-0.39, 0.29) is 18.2 Å². The molecule has 1 aromatic heterocycles. The van der Waals surface area contributed by atoms with Gasteiger partial charge < -0.3 is 14.8 Å². The average molecular weight is 290 g/mol. The van der Waals surface area contributed by atoms with Crippen LogP contribution in [0.3, 0.4) is 0 Å². The fourth-order valence-electron chi connectivity index (χ4n) is 1.20. The molecule has 0 saturated heterocycles. The van der Waals surface area contributed by atoms with Gasteiger partial charge in [0.1, 0.15) is 0 Å². The third-order valence-corrected chi connectivity index (χ3v) is 2.47. The third-order valence-electron chi connectivity index (χ3n) is 2.05. The Hall–Kier alpha value is -1.30. The van der Waals surface area contributed by atoms with Crippen molar-refractivity contribution in [1.82, 2.24) is 5.32 Å². The normalized spacial score (nSPS) is 12.1. The molecule has 1 rings (SSSR count). The van der Waals surface area contributed by atoms with Gasteiger partial charge in [-0.05, 0) is 34.5 Å². The highest BCUT2D eigenvalue weighted by Gasteiger charge is 2.17. The fraction of sp³-hybridized carbons (Fsp3) is 0.400. The van der Waals surface area contributed by atoms with Crippen LogP contribution < -0.4 is 5.32 Å². The molecule has 5 nitrogen and oxygen atoms in total. The Bertz CT molecular complexity index is 388. The number of carboxylic acid groups (broad SMARTS) is 1. The number of carbonyl (C=O) groups is 2. The van der Waals surface area contributed by atoms with E-state index in [1.165, 1.54) is 6.07 Å². The lowest BCUT2D eigenvalue weighted by Crippen LogP contribution is -2.35. The molecule has 0 spiro atoms. The van der Waals surface area contributed by atoms with E-state index in [1.54, 1.807) is 6.07 Å². The van der Waals surface area contributed by atoms with E-state index in [4.69, 9.17) is 9.52 Å². The molecule has 0 saturated carbocycles. The first-order valence-electron chi connectivity index (χ1n) is 4.81. The van der Waals surface area contributed by atoms with Crippen molar-refractivity contribution in [2.24, 2.45) is 0 Å². The van der Waals surface area contributed by atoms with Crippen LogP contribution >= 0.6 is 15.9 Å². The van der Waals surface area contributed by atoms with Gasteiger partial charge in [0.15, 0.2) is 10.4 Å². The summed E-state index contributed by atoms with van der Waals surface area (Å²) < 4.78 is 5.51. The minimum atomic E-state index is -0.937. The second kappa shape index (κ2) is 5.69. The highest BCUT2D eigenvalue weighted by molar-refractivity contribution is 9.10. The third kappa shape index (κ3) is 3.69. The van der Waals surface area contributed by atoms with Gasteiger partial charge in [-0.3, -0.25) is 9.59 Å². The molecule has 1 heterocycles. The van der Waals surface area contributed by atoms with E-state index in [9.17, 15) is 9.59 Å². The van der Waals surface area contributed by atoms with E-state index in [2.05, 4.69) is 21.2 Å². The second-order valence-corrected chi connectivity index (χ2v) is 4.06. The van der Waals surface area contributed by atoms with E-state index in [0.717, 1.165) is 0 Å². The van der Waals surface area contributed by atoms with Crippen LogP contribution in [-0.2, 0) is 4.79 Å². The number of rotatable bonds is 5. The molecule has 0 radical (unpaired) electrons. The number of amides is 1. The number of aliphatic carboxylic acids is 1. The van der Waals surface area contributed by atoms with Crippen molar-refractivity contribution in [3.05, 3.63) is 22.6 Å². The van der Waals surface area contributed by atoms with E-state index in [1.807, 2.05) is 6.92 Å². The Labute approximate surface area is 101 Å². The summed E-state index contributed by atoms with van der Waals surface area (Å²) >= 11 is 3.08. The van der Waals surface area contributed by atoms with Gasteiger partial charge in [-0.15, -0.1) is 0 Å². The molecule has 88 valence electrons. The zero-order chi connectivity index (χ0) is 12.1. The highest BCUT2D eigenvalue weighted by Crippen LogP contribution is 2.14. The largest absolute Gasteiger partial charge is 0.481 e. The second-order valence-electron chi connectivity index (χ2n) is 3.28. The molecule has 2 N–H and O–H groups in total. The minimum absolute atomic E-state index is 0.0931. The maximum Gasteiger partial charge on any atom is 0.305 e. The molecule has 6 heteroatoms. The van der Waals surface area contributed by atoms with E-state index in [0.29, 0.717) is 11.1 Å². The van der Waals surface area contributed by atoms with Crippen molar-refractivity contribution in [2.45, 2.75) is 25.8 Å². The number of hydrogen-bond donors (Lipinski definition) is 2. The van der Waals surface area contributed by atoms with Gasteiger partial charge in [-0.2, -0.15) is 0 Å². The van der Waals surface area contributed by atoms with Gasteiger partial charge in [0, 0.05) is 6.04 Å². The van der Waals surface area contributed by atoms with Crippen molar-refractivity contribution in [3.63, 3.8) is 0 Å². The Morgan fingerprint density at radius 1 is 1.56 bits per heavy atom. The highest BCUT2D eigenvalue weighted by atomic mass is 79.9. The van der Waals surface area contributed by atoms with Gasteiger partial charge in [0.25, 0.3) is 5.91 Å². The number of nitrogens with one attached hydrogen (secondary N) is 1. The first-order valence-corrected chi connectivity index (χ1v) is 5.60. The van der Waals surface area contributed by atoms with Gasteiger partial charge in [-0.25, -0.2) is 0 Å². The Morgan fingerprint density at radius 3 is 2.69 bits per heavy atom. The summed E-state index contributed by atoms with van der Waals surface area (Å²) in [6, 6.07) is 2.74. The van der Waals surface area contributed by atoms with E-state index < -0.39 is 11.9 Å². The molecule has 0 aliphatic rings. The van der Waals surface area contributed by atoms with Crippen LogP contribution in [0.25, 0.3) is 0 Å². The molecule has 0 fully saturated rings. The first-order chi connectivity index (χ1) is 7.52. The van der Waals surface area contributed by atoms with Crippen molar-refractivity contribution in [1.29, 1.82) is 0 Å². The molecule has 1 amide bonds. The van der Waals surface area contributed by atoms with Gasteiger partial charge in [-0.1, -0.05) is 6.92 Å². The monoisotopic (exact) mass is 289 g/mol. The molecule has 0 aliphatic carbocycles. The van der Waals surface area contributed by atoms with Gasteiger partial charge >= 0.3 is 5.97 Å². The van der Waals surface area contributed by atoms with Crippen LogP contribution in [-0.4, -0.2) is 23.0 Å². The van der Waals surface area contributed by atoms with Crippen molar-refractivity contribution >= 4 is 27.8 Å². The Kier molecular flexibility index (Phi) is 4.54. The number of carbonyl (C=O) groups excluding carboxylic acids is 1. The smallest absolute Gasteiger partial charge is 0.305 e.